The van der Waals surface area contributed by atoms with Crippen LogP contribution in [0.5, 0.6) is 11.5 Å². The molecule has 0 radical (unpaired) electrons. The second-order valence-corrected chi connectivity index (χ2v) is 6.42. The van der Waals surface area contributed by atoms with Crippen molar-refractivity contribution in [3.63, 3.8) is 0 Å². The first-order chi connectivity index (χ1) is 11.8. The number of amides is 1. The number of rotatable bonds is 7. The Morgan fingerprint density at radius 1 is 1.44 bits per heavy atom. The van der Waals surface area contributed by atoms with Crippen LogP contribution >= 0.6 is 24.0 Å². The van der Waals surface area contributed by atoms with Crippen molar-refractivity contribution in [3.8, 4) is 11.5 Å². The molecule has 134 valence electrons. The zero-order valence-electron chi connectivity index (χ0n) is 12.9. The average Bonchev–Trinajstić information content (AvgIpc) is 2.80. The fourth-order valence-electron chi connectivity index (χ4n) is 2.01. The van der Waals surface area contributed by atoms with Crippen LogP contribution in [0.15, 0.2) is 23.1 Å². The normalized spacial score (nSPS) is 16.0. The number of thiocarbonyl (C=S) groups is 1. The fourth-order valence-corrected chi connectivity index (χ4v) is 3.32. The lowest BCUT2D eigenvalue weighted by Gasteiger charge is -2.14. The number of halogens is 2. The minimum atomic E-state index is -2.99. The Morgan fingerprint density at radius 2 is 2.16 bits per heavy atom. The summed E-state index contributed by atoms with van der Waals surface area (Å²) in [5, 5.41) is 10.5. The van der Waals surface area contributed by atoms with E-state index >= 15 is 0 Å². The molecular formula is C15H12F2NO5S2-. The van der Waals surface area contributed by atoms with Gasteiger partial charge in [0.05, 0.1) is 12.0 Å². The third-order valence-corrected chi connectivity index (χ3v) is 4.49. The molecule has 0 N–H and O–H groups in total. The van der Waals surface area contributed by atoms with E-state index in [2.05, 4.69) is 4.74 Å². The lowest BCUT2D eigenvalue weighted by Crippen LogP contribution is -2.33. The summed E-state index contributed by atoms with van der Waals surface area (Å²) in [6.07, 6.45) is 1.18. The van der Waals surface area contributed by atoms with Crippen molar-refractivity contribution in [3.05, 3.63) is 28.7 Å². The Hall–Kier alpha value is -2.20. The summed E-state index contributed by atoms with van der Waals surface area (Å²) in [6.45, 7) is -3.06. The molecule has 6 nitrogen and oxygen atoms in total. The second kappa shape index (κ2) is 8.26. The summed E-state index contributed by atoms with van der Waals surface area (Å²) in [6, 6.07) is 4.22. The van der Waals surface area contributed by atoms with Crippen LogP contribution in [0.1, 0.15) is 12.0 Å². The van der Waals surface area contributed by atoms with Crippen LogP contribution in [0, 0.1) is 0 Å². The first-order valence-corrected chi connectivity index (χ1v) is 8.12. The minimum Gasteiger partial charge on any atom is -0.550 e. The molecule has 0 saturated carbocycles. The van der Waals surface area contributed by atoms with E-state index in [0.29, 0.717) is 5.56 Å². The molecule has 0 atom stereocenters. The van der Waals surface area contributed by atoms with E-state index in [9.17, 15) is 23.5 Å². The quantitative estimate of drug-likeness (QED) is 0.519. The summed E-state index contributed by atoms with van der Waals surface area (Å²) in [5.41, 5.74) is 0.513. The van der Waals surface area contributed by atoms with Gasteiger partial charge < -0.3 is 19.4 Å². The number of ether oxygens (including phenoxy) is 2. The largest absolute Gasteiger partial charge is 0.550 e. The second-order valence-electron chi connectivity index (χ2n) is 4.74. The van der Waals surface area contributed by atoms with Gasteiger partial charge in [0.2, 0.25) is 0 Å². The van der Waals surface area contributed by atoms with E-state index in [1.165, 1.54) is 36.3 Å². The van der Waals surface area contributed by atoms with Crippen LogP contribution in [0.3, 0.4) is 0 Å². The number of benzene rings is 1. The number of methoxy groups -OCH3 is 1. The van der Waals surface area contributed by atoms with Crippen LogP contribution in [0.4, 0.5) is 8.78 Å². The number of carbonyl (C=O) groups is 2. The van der Waals surface area contributed by atoms with Gasteiger partial charge in [0.15, 0.2) is 11.5 Å². The first-order valence-electron chi connectivity index (χ1n) is 6.90. The van der Waals surface area contributed by atoms with E-state index in [1.807, 2.05) is 0 Å². The Bertz CT molecular complexity index is 739. The molecule has 10 heteroatoms. The maximum absolute atomic E-state index is 12.3. The van der Waals surface area contributed by atoms with Crippen LogP contribution in [0.25, 0.3) is 6.08 Å². The van der Waals surface area contributed by atoms with Gasteiger partial charge in [-0.2, -0.15) is 8.78 Å². The highest BCUT2D eigenvalue weighted by Gasteiger charge is 2.31. The van der Waals surface area contributed by atoms with E-state index in [4.69, 9.17) is 17.0 Å². The number of carboxylic acid groups (broad SMARTS) is 1. The molecule has 1 amide bonds. The summed E-state index contributed by atoms with van der Waals surface area (Å²) < 4.78 is 34.2. The number of carbonyl (C=O) groups excluding carboxylic acids is 2. The maximum Gasteiger partial charge on any atom is 0.387 e. The van der Waals surface area contributed by atoms with Crippen molar-refractivity contribution in [2.24, 2.45) is 0 Å². The number of aliphatic carboxylic acids is 1. The van der Waals surface area contributed by atoms with Crippen LogP contribution in [-0.2, 0) is 9.59 Å². The lowest BCUT2D eigenvalue weighted by molar-refractivity contribution is -0.305. The van der Waals surface area contributed by atoms with Gasteiger partial charge in [0.25, 0.3) is 5.91 Å². The van der Waals surface area contributed by atoms with Crippen LogP contribution in [-0.4, -0.2) is 41.4 Å². The molecule has 1 fully saturated rings. The van der Waals surface area contributed by atoms with Crippen molar-refractivity contribution < 1.29 is 33.0 Å². The van der Waals surface area contributed by atoms with Gasteiger partial charge in [0, 0.05) is 18.9 Å². The van der Waals surface area contributed by atoms with E-state index in [1.54, 1.807) is 0 Å². The van der Waals surface area contributed by atoms with Crippen molar-refractivity contribution in [2.75, 3.05) is 13.7 Å². The SMILES string of the molecule is COc1cc(/C=C2\SC(=S)N(CCC(=O)[O-])C2=O)ccc1OC(F)F. The molecule has 1 aliphatic rings. The topological polar surface area (TPSA) is 78.9 Å². The molecule has 25 heavy (non-hydrogen) atoms. The lowest BCUT2D eigenvalue weighted by atomic mass is 10.2. The fraction of sp³-hybridized carbons (Fsp3) is 0.267. The smallest absolute Gasteiger partial charge is 0.387 e. The van der Waals surface area contributed by atoms with E-state index < -0.39 is 18.5 Å². The minimum absolute atomic E-state index is 0.0746. The Balaban J connectivity index is 2.21. The highest BCUT2D eigenvalue weighted by atomic mass is 32.2. The van der Waals surface area contributed by atoms with Crippen molar-refractivity contribution >= 4 is 46.3 Å². The first kappa shape index (κ1) is 19.1. The van der Waals surface area contributed by atoms with Gasteiger partial charge in [-0.15, -0.1) is 0 Å². The van der Waals surface area contributed by atoms with Gasteiger partial charge in [0.1, 0.15) is 4.32 Å². The molecule has 1 aromatic carbocycles. The summed E-state index contributed by atoms with van der Waals surface area (Å²) in [4.78, 5) is 24.3. The third-order valence-electron chi connectivity index (χ3n) is 3.11. The van der Waals surface area contributed by atoms with E-state index in [-0.39, 0.29) is 33.7 Å². The summed E-state index contributed by atoms with van der Waals surface area (Å²) in [5.74, 6) is -1.75. The molecule has 1 heterocycles. The average molecular weight is 388 g/mol. The molecule has 0 unspecified atom stereocenters. The predicted molar refractivity (Wildman–Crippen MR) is 89.1 cm³/mol. The van der Waals surface area contributed by atoms with Gasteiger partial charge >= 0.3 is 6.61 Å². The molecule has 1 aliphatic heterocycles. The number of hydrogen-bond donors (Lipinski definition) is 0. The number of carboxylic acids is 1. The van der Waals surface area contributed by atoms with Crippen LogP contribution in [0.2, 0.25) is 0 Å². The molecular weight excluding hydrogens is 376 g/mol. The van der Waals surface area contributed by atoms with Gasteiger partial charge in [-0.3, -0.25) is 9.69 Å². The van der Waals surface area contributed by atoms with E-state index in [0.717, 1.165) is 11.8 Å². The van der Waals surface area contributed by atoms with Gasteiger partial charge in [-0.1, -0.05) is 30.0 Å². The molecule has 0 aliphatic carbocycles. The maximum atomic E-state index is 12.3. The van der Waals surface area contributed by atoms with Crippen molar-refractivity contribution in [1.29, 1.82) is 0 Å². The number of hydrogen-bond acceptors (Lipinski definition) is 7. The number of thioether (sulfide) groups is 1. The standard InChI is InChI=1S/C15H13F2NO5S2/c1-22-10-6-8(2-3-9(10)23-14(16)17)7-11-13(21)18(15(24)25-11)5-4-12(19)20/h2-3,6-7,14H,4-5H2,1H3,(H,19,20)/p-1/b11-7-. The molecule has 0 aromatic heterocycles. The molecule has 0 bridgehead atoms. The summed E-state index contributed by atoms with van der Waals surface area (Å²) >= 11 is 6.09. The number of alkyl halides is 2. The van der Waals surface area contributed by atoms with Gasteiger partial charge in [-0.25, -0.2) is 0 Å². The van der Waals surface area contributed by atoms with Gasteiger partial charge in [-0.05, 0) is 23.8 Å². The highest BCUT2D eigenvalue weighted by Crippen LogP contribution is 2.35. The van der Waals surface area contributed by atoms with Crippen molar-refractivity contribution in [1.82, 2.24) is 4.90 Å². The molecule has 1 saturated heterocycles. The molecule has 1 aromatic rings. The van der Waals surface area contributed by atoms with Crippen molar-refractivity contribution in [2.45, 2.75) is 13.0 Å². The Labute approximate surface area is 151 Å². The zero-order valence-corrected chi connectivity index (χ0v) is 14.5. The predicted octanol–water partition coefficient (Wildman–Crippen LogP) is 1.64. The monoisotopic (exact) mass is 388 g/mol. The zero-order chi connectivity index (χ0) is 18.6. The molecule has 2 rings (SSSR count). The highest BCUT2D eigenvalue weighted by molar-refractivity contribution is 8.26. The summed E-state index contributed by atoms with van der Waals surface area (Å²) in [7, 11) is 1.30. The Morgan fingerprint density at radius 3 is 2.76 bits per heavy atom. The van der Waals surface area contributed by atoms with Crippen LogP contribution < -0.4 is 14.6 Å². The molecule has 0 spiro atoms. The number of nitrogens with zero attached hydrogens (tertiary/aromatic N) is 1. The third kappa shape index (κ3) is 4.89. The Kier molecular flexibility index (Phi) is 6.32.